The van der Waals surface area contributed by atoms with E-state index < -0.39 is 6.04 Å². The van der Waals surface area contributed by atoms with E-state index >= 15 is 0 Å². The minimum absolute atomic E-state index is 0.00159. The van der Waals surface area contributed by atoms with Crippen molar-refractivity contribution < 1.29 is 19.1 Å². The molecular formula is C26H34N2O4. The molecule has 1 aliphatic heterocycles. The number of benzene rings is 2. The molecule has 1 N–H and O–H groups in total. The van der Waals surface area contributed by atoms with E-state index in [1.165, 1.54) is 5.56 Å². The van der Waals surface area contributed by atoms with Gasteiger partial charge in [0.1, 0.15) is 17.5 Å². The van der Waals surface area contributed by atoms with E-state index in [4.69, 9.17) is 9.47 Å². The van der Waals surface area contributed by atoms with Gasteiger partial charge >= 0.3 is 0 Å². The summed E-state index contributed by atoms with van der Waals surface area (Å²) in [5.41, 5.74) is 1.81. The molecule has 1 heterocycles. The lowest BCUT2D eigenvalue weighted by Gasteiger charge is -2.35. The largest absolute Gasteiger partial charge is 0.497 e. The van der Waals surface area contributed by atoms with Gasteiger partial charge in [0.25, 0.3) is 5.91 Å². The van der Waals surface area contributed by atoms with Crippen LogP contribution in [-0.2, 0) is 11.2 Å². The Labute approximate surface area is 190 Å². The van der Waals surface area contributed by atoms with Gasteiger partial charge in [0, 0.05) is 18.7 Å². The first kappa shape index (κ1) is 23.6. The molecule has 0 spiro atoms. The maximum atomic E-state index is 13.2. The second-order valence-electron chi connectivity index (χ2n) is 8.74. The number of carbonyl (C=O) groups excluding carboxylic acids is 2. The Bertz CT molecular complexity index is 885. The van der Waals surface area contributed by atoms with E-state index in [0.717, 1.165) is 38.1 Å². The average Bonchev–Trinajstić information content (AvgIpc) is 2.82. The van der Waals surface area contributed by atoms with Gasteiger partial charge in [-0.1, -0.05) is 26.0 Å². The molecule has 172 valence electrons. The number of nitrogens with one attached hydrogen (secondary N) is 1. The van der Waals surface area contributed by atoms with Crippen LogP contribution >= 0.6 is 0 Å². The molecule has 0 bridgehead atoms. The highest BCUT2D eigenvalue weighted by Crippen LogP contribution is 2.24. The fraction of sp³-hybridized carbons (Fsp3) is 0.462. The second kappa shape index (κ2) is 11.0. The van der Waals surface area contributed by atoms with Crippen LogP contribution in [0.3, 0.4) is 0 Å². The summed E-state index contributed by atoms with van der Waals surface area (Å²) in [7, 11) is 3.26. The number of ether oxygens (including phenoxy) is 2. The SMILES string of the molecule is COc1ccc(CC2CCN(C(=O)C(NC(=O)c3ccc(OC)cc3)C(C)C)CC2)cc1. The zero-order chi connectivity index (χ0) is 23.1. The maximum Gasteiger partial charge on any atom is 0.251 e. The fourth-order valence-corrected chi connectivity index (χ4v) is 4.13. The van der Waals surface area contributed by atoms with Gasteiger partial charge in [-0.25, -0.2) is 0 Å². The first-order valence-electron chi connectivity index (χ1n) is 11.3. The van der Waals surface area contributed by atoms with Crippen LogP contribution in [0.4, 0.5) is 0 Å². The van der Waals surface area contributed by atoms with Crippen molar-refractivity contribution in [1.82, 2.24) is 10.2 Å². The van der Waals surface area contributed by atoms with Crippen molar-refractivity contribution in [2.24, 2.45) is 11.8 Å². The number of amides is 2. The highest BCUT2D eigenvalue weighted by molar-refractivity contribution is 5.97. The Morgan fingerprint density at radius 2 is 1.47 bits per heavy atom. The van der Waals surface area contributed by atoms with Crippen molar-refractivity contribution in [2.45, 2.75) is 39.2 Å². The summed E-state index contributed by atoms with van der Waals surface area (Å²) < 4.78 is 10.4. The Morgan fingerprint density at radius 1 is 0.938 bits per heavy atom. The molecule has 0 saturated carbocycles. The Hall–Kier alpha value is -3.02. The van der Waals surface area contributed by atoms with Gasteiger partial charge < -0.3 is 19.7 Å². The molecule has 0 aromatic heterocycles. The summed E-state index contributed by atoms with van der Waals surface area (Å²) >= 11 is 0. The lowest BCUT2D eigenvalue weighted by Crippen LogP contribution is -2.53. The fourth-order valence-electron chi connectivity index (χ4n) is 4.13. The highest BCUT2D eigenvalue weighted by atomic mass is 16.5. The molecule has 2 amide bonds. The lowest BCUT2D eigenvalue weighted by atomic mass is 9.89. The number of likely N-dealkylation sites (tertiary alicyclic amines) is 1. The van der Waals surface area contributed by atoms with Crippen LogP contribution in [0.15, 0.2) is 48.5 Å². The van der Waals surface area contributed by atoms with E-state index in [1.54, 1.807) is 38.5 Å². The smallest absolute Gasteiger partial charge is 0.251 e. The summed E-state index contributed by atoms with van der Waals surface area (Å²) in [5, 5.41) is 2.95. The van der Waals surface area contributed by atoms with Crippen LogP contribution in [0.1, 0.15) is 42.6 Å². The Balaban J connectivity index is 1.55. The number of hydrogen-bond donors (Lipinski definition) is 1. The maximum absolute atomic E-state index is 13.2. The second-order valence-corrected chi connectivity index (χ2v) is 8.74. The molecule has 1 fully saturated rings. The molecular weight excluding hydrogens is 404 g/mol. The van der Waals surface area contributed by atoms with Crippen LogP contribution < -0.4 is 14.8 Å². The number of methoxy groups -OCH3 is 2. The molecule has 1 saturated heterocycles. The van der Waals surface area contributed by atoms with E-state index in [2.05, 4.69) is 17.4 Å². The zero-order valence-electron chi connectivity index (χ0n) is 19.5. The molecule has 2 aromatic rings. The lowest BCUT2D eigenvalue weighted by molar-refractivity contribution is -0.135. The zero-order valence-corrected chi connectivity index (χ0v) is 19.5. The standard InChI is InChI=1S/C26H34N2O4/c1-18(2)24(27-25(29)21-7-11-23(32-4)12-8-21)26(30)28-15-13-20(14-16-28)17-19-5-9-22(31-3)10-6-19/h5-12,18,20,24H,13-17H2,1-4H3,(H,27,29). The van der Waals surface area contributed by atoms with E-state index in [-0.39, 0.29) is 17.7 Å². The third-order valence-corrected chi connectivity index (χ3v) is 6.18. The van der Waals surface area contributed by atoms with Gasteiger partial charge in [-0.05, 0) is 73.1 Å². The van der Waals surface area contributed by atoms with Gasteiger partial charge in [-0.3, -0.25) is 9.59 Å². The van der Waals surface area contributed by atoms with Crippen LogP contribution in [-0.4, -0.2) is 50.1 Å². The summed E-state index contributed by atoms with van der Waals surface area (Å²) in [6.45, 7) is 5.38. The molecule has 0 radical (unpaired) electrons. The average molecular weight is 439 g/mol. The molecule has 0 aliphatic carbocycles. The number of piperidine rings is 1. The number of carbonyl (C=O) groups is 2. The third-order valence-electron chi connectivity index (χ3n) is 6.18. The Morgan fingerprint density at radius 3 is 1.97 bits per heavy atom. The predicted octanol–water partition coefficient (Wildman–Crippen LogP) is 3.94. The minimum Gasteiger partial charge on any atom is -0.497 e. The van der Waals surface area contributed by atoms with Gasteiger partial charge in [-0.15, -0.1) is 0 Å². The Kier molecular flexibility index (Phi) is 8.14. The van der Waals surface area contributed by atoms with Crippen LogP contribution in [0.2, 0.25) is 0 Å². The van der Waals surface area contributed by atoms with Crippen molar-refractivity contribution >= 4 is 11.8 Å². The molecule has 1 aliphatic rings. The van der Waals surface area contributed by atoms with Crippen LogP contribution in [0, 0.1) is 11.8 Å². The monoisotopic (exact) mass is 438 g/mol. The van der Waals surface area contributed by atoms with Gasteiger partial charge in [-0.2, -0.15) is 0 Å². The summed E-state index contributed by atoms with van der Waals surface area (Å²) in [5.74, 6) is 1.88. The van der Waals surface area contributed by atoms with E-state index in [1.807, 2.05) is 30.9 Å². The van der Waals surface area contributed by atoms with Gasteiger partial charge in [0.2, 0.25) is 5.91 Å². The van der Waals surface area contributed by atoms with Crippen LogP contribution in [0.25, 0.3) is 0 Å². The number of rotatable bonds is 8. The molecule has 2 aromatic carbocycles. The summed E-state index contributed by atoms with van der Waals surface area (Å²) in [4.78, 5) is 27.8. The molecule has 1 atom stereocenters. The summed E-state index contributed by atoms with van der Waals surface area (Å²) in [6, 6.07) is 14.6. The molecule has 6 nitrogen and oxygen atoms in total. The highest BCUT2D eigenvalue weighted by Gasteiger charge is 2.31. The number of nitrogens with zero attached hydrogens (tertiary/aromatic N) is 1. The van der Waals surface area contributed by atoms with Crippen molar-refractivity contribution in [3.63, 3.8) is 0 Å². The quantitative estimate of drug-likeness (QED) is 0.678. The van der Waals surface area contributed by atoms with Crippen molar-refractivity contribution in [1.29, 1.82) is 0 Å². The summed E-state index contributed by atoms with van der Waals surface area (Å²) in [6.07, 6.45) is 2.94. The minimum atomic E-state index is -0.539. The normalized spacial score (nSPS) is 15.3. The van der Waals surface area contributed by atoms with Crippen molar-refractivity contribution in [3.05, 3.63) is 59.7 Å². The van der Waals surface area contributed by atoms with Gasteiger partial charge in [0.05, 0.1) is 14.2 Å². The topological polar surface area (TPSA) is 67.9 Å². The van der Waals surface area contributed by atoms with Crippen molar-refractivity contribution in [3.8, 4) is 11.5 Å². The number of hydrogen-bond acceptors (Lipinski definition) is 4. The third kappa shape index (κ3) is 6.02. The van der Waals surface area contributed by atoms with E-state index in [9.17, 15) is 9.59 Å². The van der Waals surface area contributed by atoms with Crippen LogP contribution in [0.5, 0.6) is 11.5 Å². The predicted molar refractivity (Wildman–Crippen MR) is 125 cm³/mol. The molecule has 32 heavy (non-hydrogen) atoms. The first-order valence-corrected chi connectivity index (χ1v) is 11.3. The molecule has 1 unspecified atom stereocenters. The van der Waals surface area contributed by atoms with E-state index in [0.29, 0.717) is 17.2 Å². The van der Waals surface area contributed by atoms with Crippen molar-refractivity contribution in [2.75, 3.05) is 27.3 Å². The molecule has 6 heteroatoms. The van der Waals surface area contributed by atoms with Gasteiger partial charge in [0.15, 0.2) is 0 Å². The molecule has 3 rings (SSSR count). The first-order chi connectivity index (χ1) is 15.4.